The normalized spacial score (nSPS) is 17.6. The van der Waals surface area contributed by atoms with Crippen molar-refractivity contribution in [1.29, 1.82) is 0 Å². The van der Waals surface area contributed by atoms with Crippen LogP contribution in [0, 0.1) is 0 Å². The zero-order valence-corrected chi connectivity index (χ0v) is 15.8. The van der Waals surface area contributed by atoms with Crippen LogP contribution in [-0.4, -0.2) is 73.9 Å². The van der Waals surface area contributed by atoms with Crippen LogP contribution in [0.15, 0.2) is 6.07 Å². The van der Waals surface area contributed by atoms with E-state index in [1.54, 1.807) is 12.0 Å². The second kappa shape index (κ2) is 9.68. The maximum atomic E-state index is 12.1. The average Bonchev–Trinajstić information content (AvgIpc) is 2.65. The Kier molecular flexibility index (Phi) is 7.58. The molecule has 2 rings (SSSR count). The molecule has 0 spiro atoms. The van der Waals surface area contributed by atoms with E-state index in [2.05, 4.69) is 34.8 Å². The van der Waals surface area contributed by atoms with Crippen molar-refractivity contribution in [3.63, 3.8) is 0 Å². The third kappa shape index (κ3) is 5.64. The van der Waals surface area contributed by atoms with Crippen molar-refractivity contribution in [2.45, 2.75) is 39.2 Å². The van der Waals surface area contributed by atoms with Gasteiger partial charge in [-0.15, -0.1) is 0 Å². The summed E-state index contributed by atoms with van der Waals surface area (Å²) in [5.41, 5.74) is 1.07. The van der Waals surface area contributed by atoms with Gasteiger partial charge in [0.25, 0.3) is 0 Å². The molecule has 25 heavy (non-hydrogen) atoms. The second-order valence-corrected chi connectivity index (χ2v) is 6.30. The van der Waals surface area contributed by atoms with Crippen LogP contribution < -0.4 is 4.90 Å². The van der Waals surface area contributed by atoms with E-state index in [0.29, 0.717) is 26.2 Å². The van der Waals surface area contributed by atoms with E-state index in [9.17, 15) is 4.79 Å². The standard InChI is InChI=1S/C18H30N4O3/c1-5-14-11-17(20-16(6-2)19-14)22-8-10-25-15(13-22)12-21(3)18(23)7-9-24-4/h11,15H,5-10,12-13H2,1-4H3. The number of rotatable bonds is 8. The first-order chi connectivity index (χ1) is 12.1. The number of hydrogen-bond donors (Lipinski definition) is 0. The van der Waals surface area contributed by atoms with Crippen LogP contribution >= 0.6 is 0 Å². The molecule has 0 aromatic carbocycles. The summed E-state index contributed by atoms with van der Waals surface area (Å²) < 4.78 is 10.8. The van der Waals surface area contributed by atoms with Gasteiger partial charge >= 0.3 is 0 Å². The van der Waals surface area contributed by atoms with Crippen molar-refractivity contribution in [2.24, 2.45) is 0 Å². The lowest BCUT2D eigenvalue weighted by Gasteiger charge is -2.35. The Morgan fingerprint density at radius 2 is 2.20 bits per heavy atom. The van der Waals surface area contributed by atoms with Crippen LogP contribution in [0.4, 0.5) is 5.82 Å². The summed E-state index contributed by atoms with van der Waals surface area (Å²) in [6.07, 6.45) is 2.10. The first-order valence-electron chi connectivity index (χ1n) is 9.03. The van der Waals surface area contributed by atoms with Gasteiger partial charge in [-0.05, 0) is 6.42 Å². The maximum absolute atomic E-state index is 12.1. The van der Waals surface area contributed by atoms with Crippen molar-refractivity contribution < 1.29 is 14.3 Å². The number of methoxy groups -OCH3 is 1. The predicted octanol–water partition coefficient (Wildman–Crippen LogP) is 1.30. The van der Waals surface area contributed by atoms with Gasteiger partial charge in [0, 0.05) is 52.0 Å². The van der Waals surface area contributed by atoms with Crippen molar-refractivity contribution >= 4 is 11.7 Å². The van der Waals surface area contributed by atoms with E-state index in [0.717, 1.165) is 43.3 Å². The van der Waals surface area contributed by atoms with Gasteiger partial charge in [0.2, 0.25) is 5.91 Å². The lowest BCUT2D eigenvalue weighted by molar-refractivity contribution is -0.132. The van der Waals surface area contributed by atoms with Crippen LogP contribution in [0.25, 0.3) is 0 Å². The zero-order valence-electron chi connectivity index (χ0n) is 15.8. The molecule has 0 bridgehead atoms. The third-order valence-corrected chi connectivity index (χ3v) is 4.38. The quantitative estimate of drug-likeness (QED) is 0.704. The summed E-state index contributed by atoms with van der Waals surface area (Å²) in [5, 5.41) is 0. The summed E-state index contributed by atoms with van der Waals surface area (Å²) >= 11 is 0. The molecular weight excluding hydrogens is 320 g/mol. The molecule has 2 heterocycles. The highest BCUT2D eigenvalue weighted by atomic mass is 16.5. The van der Waals surface area contributed by atoms with Gasteiger partial charge in [-0.1, -0.05) is 13.8 Å². The number of nitrogens with zero attached hydrogens (tertiary/aromatic N) is 4. The summed E-state index contributed by atoms with van der Waals surface area (Å²) in [7, 11) is 3.42. The Hall–Kier alpha value is -1.73. The second-order valence-electron chi connectivity index (χ2n) is 6.30. The number of ether oxygens (including phenoxy) is 2. The van der Waals surface area contributed by atoms with Crippen molar-refractivity contribution in [3.8, 4) is 0 Å². The molecule has 7 nitrogen and oxygen atoms in total. The first kappa shape index (κ1) is 19.6. The molecule has 1 aromatic rings. The van der Waals surface area contributed by atoms with Gasteiger partial charge in [-0.2, -0.15) is 0 Å². The number of anilines is 1. The monoisotopic (exact) mass is 350 g/mol. The fraction of sp³-hybridized carbons (Fsp3) is 0.722. The Balaban J connectivity index is 1.99. The molecule has 0 radical (unpaired) electrons. The minimum absolute atomic E-state index is 0.0182. The van der Waals surface area contributed by atoms with E-state index in [-0.39, 0.29) is 12.0 Å². The van der Waals surface area contributed by atoms with Gasteiger partial charge < -0.3 is 19.3 Å². The van der Waals surface area contributed by atoms with E-state index in [1.165, 1.54) is 0 Å². The molecule has 0 saturated carbocycles. The number of morpholine rings is 1. The van der Waals surface area contributed by atoms with Crippen LogP contribution in [0.1, 0.15) is 31.8 Å². The molecule has 140 valence electrons. The predicted molar refractivity (Wildman–Crippen MR) is 96.9 cm³/mol. The van der Waals surface area contributed by atoms with E-state index in [4.69, 9.17) is 9.47 Å². The first-order valence-corrected chi connectivity index (χ1v) is 9.03. The van der Waals surface area contributed by atoms with Gasteiger partial charge in [0.1, 0.15) is 11.6 Å². The fourth-order valence-electron chi connectivity index (χ4n) is 2.86. The molecule has 1 unspecified atom stereocenters. The van der Waals surface area contributed by atoms with Crippen LogP contribution in [0.2, 0.25) is 0 Å². The maximum Gasteiger partial charge on any atom is 0.224 e. The molecule has 1 atom stereocenters. The number of hydrogen-bond acceptors (Lipinski definition) is 6. The van der Waals surface area contributed by atoms with Crippen molar-refractivity contribution in [1.82, 2.24) is 14.9 Å². The Labute approximate surface area is 150 Å². The number of carbonyl (C=O) groups is 1. The molecule has 1 fully saturated rings. The van der Waals surface area contributed by atoms with Crippen LogP contribution in [0.5, 0.6) is 0 Å². The minimum Gasteiger partial charge on any atom is -0.384 e. The molecule has 0 N–H and O–H groups in total. The van der Waals surface area contributed by atoms with Crippen LogP contribution in [-0.2, 0) is 27.1 Å². The summed E-state index contributed by atoms with van der Waals surface area (Å²) in [6.45, 7) is 7.37. The molecule has 7 heteroatoms. The van der Waals surface area contributed by atoms with E-state index < -0.39 is 0 Å². The largest absolute Gasteiger partial charge is 0.384 e. The fourth-order valence-corrected chi connectivity index (χ4v) is 2.86. The Morgan fingerprint density at radius 3 is 2.88 bits per heavy atom. The molecule has 0 aliphatic carbocycles. The summed E-state index contributed by atoms with van der Waals surface area (Å²) in [6, 6.07) is 2.06. The highest BCUT2D eigenvalue weighted by Crippen LogP contribution is 2.18. The van der Waals surface area contributed by atoms with Gasteiger partial charge in [0.15, 0.2) is 0 Å². The smallest absolute Gasteiger partial charge is 0.224 e. The third-order valence-electron chi connectivity index (χ3n) is 4.38. The molecule has 1 aliphatic heterocycles. The zero-order chi connectivity index (χ0) is 18.2. The lowest BCUT2D eigenvalue weighted by atomic mass is 10.2. The van der Waals surface area contributed by atoms with E-state index >= 15 is 0 Å². The molecule has 1 saturated heterocycles. The van der Waals surface area contributed by atoms with Gasteiger partial charge in [0.05, 0.1) is 25.7 Å². The highest BCUT2D eigenvalue weighted by molar-refractivity contribution is 5.76. The Morgan fingerprint density at radius 1 is 1.40 bits per heavy atom. The van der Waals surface area contributed by atoms with Crippen molar-refractivity contribution in [3.05, 3.63) is 17.6 Å². The Bertz CT molecular complexity index is 545. The minimum atomic E-state index is -0.0182. The summed E-state index contributed by atoms with van der Waals surface area (Å²) in [5.74, 6) is 1.92. The lowest BCUT2D eigenvalue weighted by Crippen LogP contribution is -2.48. The number of aromatic nitrogens is 2. The number of amides is 1. The van der Waals surface area contributed by atoms with Gasteiger partial charge in [-0.3, -0.25) is 4.79 Å². The SMILES string of the molecule is CCc1cc(N2CCOC(CN(C)C(=O)CCOC)C2)nc(CC)n1. The molecule has 1 aliphatic rings. The molecule has 1 amide bonds. The highest BCUT2D eigenvalue weighted by Gasteiger charge is 2.24. The summed E-state index contributed by atoms with van der Waals surface area (Å²) in [4.78, 5) is 25.2. The van der Waals surface area contributed by atoms with Crippen molar-refractivity contribution in [2.75, 3.05) is 51.9 Å². The number of aryl methyl sites for hydroxylation is 2. The molecular formula is C18H30N4O3. The number of carbonyl (C=O) groups excluding carboxylic acids is 1. The topological polar surface area (TPSA) is 67.8 Å². The van der Waals surface area contributed by atoms with Crippen LogP contribution in [0.3, 0.4) is 0 Å². The number of likely N-dealkylation sites (N-methyl/N-ethyl adjacent to an activating group) is 1. The van der Waals surface area contributed by atoms with E-state index in [1.807, 2.05) is 7.05 Å². The molecule has 1 aromatic heterocycles. The van der Waals surface area contributed by atoms with Gasteiger partial charge in [-0.25, -0.2) is 9.97 Å². The average molecular weight is 350 g/mol.